The SMILES string of the molecule is COc1ccc(-c2cc(Br)cc(-c3ccc(OC)cc3)c2)cc1. The molecular formula is C20H17BrO2. The zero-order chi connectivity index (χ0) is 16.2. The molecule has 3 aromatic rings. The number of methoxy groups -OCH3 is 2. The van der Waals surface area contributed by atoms with Crippen molar-refractivity contribution in [3.05, 3.63) is 71.2 Å². The Hall–Kier alpha value is -2.26. The molecule has 0 aromatic heterocycles. The van der Waals surface area contributed by atoms with E-state index < -0.39 is 0 Å². The first-order chi connectivity index (χ1) is 11.2. The Morgan fingerprint density at radius 3 is 1.30 bits per heavy atom. The molecule has 0 bridgehead atoms. The maximum atomic E-state index is 5.22. The number of rotatable bonds is 4. The molecule has 116 valence electrons. The second-order valence-corrected chi connectivity index (χ2v) is 6.10. The van der Waals surface area contributed by atoms with Crippen molar-refractivity contribution in [2.75, 3.05) is 14.2 Å². The highest BCUT2D eigenvalue weighted by Crippen LogP contribution is 2.32. The van der Waals surface area contributed by atoms with Crippen LogP contribution in [0.3, 0.4) is 0 Å². The van der Waals surface area contributed by atoms with Gasteiger partial charge in [0.05, 0.1) is 14.2 Å². The summed E-state index contributed by atoms with van der Waals surface area (Å²) in [5, 5.41) is 0. The van der Waals surface area contributed by atoms with Crippen LogP contribution in [0.15, 0.2) is 71.2 Å². The molecule has 0 amide bonds. The first-order valence-electron chi connectivity index (χ1n) is 7.29. The molecule has 0 N–H and O–H groups in total. The average molecular weight is 369 g/mol. The Balaban J connectivity index is 2.00. The molecule has 23 heavy (non-hydrogen) atoms. The molecule has 0 aliphatic heterocycles. The van der Waals surface area contributed by atoms with Crippen molar-refractivity contribution in [2.24, 2.45) is 0 Å². The van der Waals surface area contributed by atoms with Crippen molar-refractivity contribution in [1.82, 2.24) is 0 Å². The van der Waals surface area contributed by atoms with E-state index in [0.29, 0.717) is 0 Å². The molecular weight excluding hydrogens is 352 g/mol. The summed E-state index contributed by atoms with van der Waals surface area (Å²) in [6.07, 6.45) is 0. The molecule has 0 heterocycles. The van der Waals surface area contributed by atoms with Gasteiger partial charge in [-0.05, 0) is 64.7 Å². The Bertz CT molecular complexity index is 727. The lowest BCUT2D eigenvalue weighted by Crippen LogP contribution is -1.86. The van der Waals surface area contributed by atoms with Crippen molar-refractivity contribution >= 4 is 15.9 Å². The fraction of sp³-hybridized carbons (Fsp3) is 0.100. The molecule has 0 saturated heterocycles. The van der Waals surface area contributed by atoms with Crippen LogP contribution in [-0.4, -0.2) is 14.2 Å². The lowest BCUT2D eigenvalue weighted by Gasteiger charge is -2.09. The predicted molar refractivity (Wildman–Crippen MR) is 98.1 cm³/mol. The molecule has 3 heteroatoms. The predicted octanol–water partition coefficient (Wildman–Crippen LogP) is 5.80. The van der Waals surface area contributed by atoms with Crippen molar-refractivity contribution in [3.8, 4) is 33.8 Å². The highest BCUT2D eigenvalue weighted by molar-refractivity contribution is 9.10. The van der Waals surface area contributed by atoms with E-state index >= 15 is 0 Å². The Morgan fingerprint density at radius 1 is 0.565 bits per heavy atom. The van der Waals surface area contributed by atoms with Gasteiger partial charge in [0, 0.05) is 4.47 Å². The molecule has 3 aromatic carbocycles. The minimum absolute atomic E-state index is 0.860. The smallest absolute Gasteiger partial charge is 0.118 e. The van der Waals surface area contributed by atoms with Crippen molar-refractivity contribution < 1.29 is 9.47 Å². The first-order valence-corrected chi connectivity index (χ1v) is 8.08. The van der Waals surface area contributed by atoms with Crippen LogP contribution >= 0.6 is 15.9 Å². The van der Waals surface area contributed by atoms with E-state index in [1.807, 2.05) is 24.3 Å². The topological polar surface area (TPSA) is 18.5 Å². The highest BCUT2D eigenvalue weighted by atomic mass is 79.9. The molecule has 3 rings (SSSR count). The molecule has 2 nitrogen and oxygen atoms in total. The summed E-state index contributed by atoms with van der Waals surface area (Å²) in [5.74, 6) is 1.72. The van der Waals surface area contributed by atoms with Crippen LogP contribution in [0.4, 0.5) is 0 Å². The van der Waals surface area contributed by atoms with Gasteiger partial charge in [0.2, 0.25) is 0 Å². The van der Waals surface area contributed by atoms with Gasteiger partial charge in [0.15, 0.2) is 0 Å². The van der Waals surface area contributed by atoms with Gasteiger partial charge >= 0.3 is 0 Å². The van der Waals surface area contributed by atoms with Gasteiger partial charge in [0.1, 0.15) is 11.5 Å². The first kappa shape index (κ1) is 15.6. The Labute approximate surface area is 144 Å². The summed E-state index contributed by atoms with van der Waals surface area (Å²) in [4.78, 5) is 0. The van der Waals surface area contributed by atoms with Crippen LogP contribution in [0, 0.1) is 0 Å². The van der Waals surface area contributed by atoms with Crippen LogP contribution < -0.4 is 9.47 Å². The van der Waals surface area contributed by atoms with Gasteiger partial charge in [-0.15, -0.1) is 0 Å². The Kier molecular flexibility index (Phi) is 4.68. The fourth-order valence-corrected chi connectivity index (χ4v) is 2.98. The Morgan fingerprint density at radius 2 is 0.957 bits per heavy atom. The number of ether oxygens (including phenoxy) is 2. The molecule has 0 saturated carbocycles. The molecule has 0 radical (unpaired) electrons. The van der Waals surface area contributed by atoms with Crippen LogP contribution in [0.2, 0.25) is 0 Å². The van der Waals surface area contributed by atoms with Gasteiger partial charge < -0.3 is 9.47 Å². The van der Waals surface area contributed by atoms with Crippen LogP contribution in [-0.2, 0) is 0 Å². The third kappa shape index (κ3) is 3.57. The van der Waals surface area contributed by atoms with E-state index in [1.54, 1.807) is 14.2 Å². The highest BCUT2D eigenvalue weighted by Gasteiger charge is 2.05. The van der Waals surface area contributed by atoms with E-state index in [2.05, 4.69) is 58.4 Å². The van der Waals surface area contributed by atoms with Crippen LogP contribution in [0.5, 0.6) is 11.5 Å². The fourth-order valence-electron chi connectivity index (χ4n) is 2.49. The minimum atomic E-state index is 0.860. The number of hydrogen-bond donors (Lipinski definition) is 0. The van der Waals surface area contributed by atoms with Crippen molar-refractivity contribution in [1.29, 1.82) is 0 Å². The number of hydrogen-bond acceptors (Lipinski definition) is 2. The standard InChI is InChI=1S/C20H17BrO2/c1-22-19-7-3-14(4-8-19)16-11-17(13-18(21)12-16)15-5-9-20(23-2)10-6-15/h3-13H,1-2H3. The third-order valence-corrected chi connectivity index (χ3v) is 4.20. The number of halogens is 1. The second-order valence-electron chi connectivity index (χ2n) is 5.19. The minimum Gasteiger partial charge on any atom is -0.497 e. The summed E-state index contributed by atoms with van der Waals surface area (Å²) in [6.45, 7) is 0. The lowest BCUT2D eigenvalue weighted by atomic mass is 9.99. The van der Waals surface area contributed by atoms with Crippen molar-refractivity contribution in [3.63, 3.8) is 0 Å². The monoisotopic (exact) mass is 368 g/mol. The largest absolute Gasteiger partial charge is 0.497 e. The van der Waals surface area contributed by atoms with Gasteiger partial charge in [-0.3, -0.25) is 0 Å². The summed E-state index contributed by atoms with van der Waals surface area (Å²) >= 11 is 3.61. The molecule has 0 aliphatic rings. The summed E-state index contributed by atoms with van der Waals surface area (Å²) in [6, 6.07) is 22.6. The molecule has 0 aliphatic carbocycles. The maximum absolute atomic E-state index is 5.22. The van der Waals surface area contributed by atoms with E-state index in [0.717, 1.165) is 38.2 Å². The van der Waals surface area contributed by atoms with Gasteiger partial charge in [0.25, 0.3) is 0 Å². The van der Waals surface area contributed by atoms with Gasteiger partial charge in [-0.1, -0.05) is 40.2 Å². The quantitative estimate of drug-likeness (QED) is 0.579. The van der Waals surface area contributed by atoms with E-state index in [4.69, 9.17) is 9.47 Å². The second kappa shape index (κ2) is 6.88. The normalized spacial score (nSPS) is 10.4. The maximum Gasteiger partial charge on any atom is 0.118 e. The van der Waals surface area contributed by atoms with E-state index in [-0.39, 0.29) is 0 Å². The van der Waals surface area contributed by atoms with Gasteiger partial charge in [-0.2, -0.15) is 0 Å². The summed E-state index contributed by atoms with van der Waals surface area (Å²) in [7, 11) is 3.35. The van der Waals surface area contributed by atoms with Crippen LogP contribution in [0.1, 0.15) is 0 Å². The zero-order valence-electron chi connectivity index (χ0n) is 13.0. The number of benzene rings is 3. The van der Waals surface area contributed by atoms with Crippen LogP contribution in [0.25, 0.3) is 22.3 Å². The summed E-state index contributed by atoms with van der Waals surface area (Å²) in [5.41, 5.74) is 4.63. The molecule has 0 fully saturated rings. The van der Waals surface area contributed by atoms with Crippen molar-refractivity contribution in [2.45, 2.75) is 0 Å². The molecule has 0 unspecified atom stereocenters. The third-order valence-electron chi connectivity index (χ3n) is 3.74. The van der Waals surface area contributed by atoms with Gasteiger partial charge in [-0.25, -0.2) is 0 Å². The van der Waals surface area contributed by atoms with E-state index in [1.165, 1.54) is 0 Å². The van der Waals surface area contributed by atoms with E-state index in [9.17, 15) is 0 Å². The lowest BCUT2D eigenvalue weighted by molar-refractivity contribution is 0.415. The molecule has 0 spiro atoms. The zero-order valence-corrected chi connectivity index (χ0v) is 14.6. The molecule has 0 atom stereocenters. The summed E-state index contributed by atoms with van der Waals surface area (Å²) < 4.78 is 11.5. The average Bonchev–Trinajstić information content (AvgIpc) is 2.61.